The van der Waals surface area contributed by atoms with E-state index in [9.17, 15) is 0 Å². The van der Waals surface area contributed by atoms with Crippen molar-refractivity contribution in [2.24, 2.45) is 0 Å². The molecule has 0 bridgehead atoms. The van der Waals surface area contributed by atoms with Gasteiger partial charge in [-0.05, 0) is 6.07 Å². The van der Waals surface area contributed by atoms with E-state index in [0.29, 0.717) is 0 Å². The van der Waals surface area contributed by atoms with Crippen LogP contribution in [0.15, 0.2) is 12.3 Å². The Morgan fingerprint density at radius 3 is 2.45 bits per heavy atom. The average Bonchev–Trinajstić information content (AvgIpc) is 2.04. The van der Waals surface area contributed by atoms with Crippen LogP contribution in [0.25, 0.3) is 0 Å². The van der Waals surface area contributed by atoms with E-state index >= 15 is 0 Å². The second-order valence-electron chi connectivity index (χ2n) is 1.88. The van der Waals surface area contributed by atoms with E-state index in [1.807, 2.05) is 12.1 Å². The van der Waals surface area contributed by atoms with E-state index in [0.717, 1.165) is 0 Å². The van der Waals surface area contributed by atoms with Gasteiger partial charge in [-0.1, -0.05) is 0 Å². The number of hydrogen-bond acceptors (Lipinski definition) is 4. The molecule has 0 aliphatic carbocycles. The highest BCUT2D eigenvalue weighted by Gasteiger charge is 2.00. The number of rotatable bonds is 0. The Morgan fingerprint density at radius 1 is 1.27 bits per heavy atom. The Balaban J connectivity index is 3.34. The summed E-state index contributed by atoms with van der Waals surface area (Å²) in [6, 6.07) is 5.05. The standard InChI is InChI=1S/C7H4N4/c8-2-5-1-7(10)11-4-6(5)3-9/h1,4H,(H2,10,11). The minimum absolute atomic E-state index is 0.251. The van der Waals surface area contributed by atoms with Crippen LogP contribution in [0, 0.1) is 22.7 Å². The van der Waals surface area contributed by atoms with E-state index in [1.54, 1.807) is 0 Å². The zero-order valence-electron chi connectivity index (χ0n) is 5.57. The van der Waals surface area contributed by atoms with Crippen LogP contribution in [0.4, 0.5) is 5.82 Å². The molecular weight excluding hydrogens is 140 g/mol. The Hall–Kier alpha value is -2.07. The summed E-state index contributed by atoms with van der Waals surface area (Å²) in [5, 5.41) is 16.9. The van der Waals surface area contributed by atoms with Gasteiger partial charge in [0.25, 0.3) is 0 Å². The maximum atomic E-state index is 8.49. The number of nitriles is 2. The first kappa shape index (κ1) is 7.04. The maximum Gasteiger partial charge on any atom is 0.124 e. The third-order valence-corrected chi connectivity index (χ3v) is 1.17. The summed E-state index contributed by atoms with van der Waals surface area (Å²) in [6.07, 6.45) is 1.29. The molecule has 0 aliphatic heterocycles. The van der Waals surface area contributed by atoms with E-state index < -0.39 is 0 Å². The molecule has 0 aliphatic rings. The number of pyridine rings is 1. The second kappa shape index (κ2) is 2.68. The summed E-state index contributed by atoms with van der Waals surface area (Å²) in [4.78, 5) is 3.66. The second-order valence-corrected chi connectivity index (χ2v) is 1.88. The monoisotopic (exact) mass is 144 g/mol. The zero-order chi connectivity index (χ0) is 8.27. The SMILES string of the molecule is N#Cc1cnc(N)cc1C#N. The largest absolute Gasteiger partial charge is 0.384 e. The molecule has 4 heteroatoms. The van der Waals surface area contributed by atoms with E-state index in [-0.39, 0.29) is 16.9 Å². The molecule has 0 saturated heterocycles. The third-order valence-electron chi connectivity index (χ3n) is 1.17. The number of anilines is 1. The lowest BCUT2D eigenvalue weighted by atomic mass is 10.2. The Morgan fingerprint density at radius 2 is 1.91 bits per heavy atom. The number of hydrogen-bond donors (Lipinski definition) is 1. The van der Waals surface area contributed by atoms with Crippen molar-refractivity contribution in [1.82, 2.24) is 4.98 Å². The molecule has 52 valence electrons. The molecule has 1 heterocycles. The fourth-order valence-electron chi connectivity index (χ4n) is 0.653. The zero-order valence-corrected chi connectivity index (χ0v) is 5.57. The van der Waals surface area contributed by atoms with Gasteiger partial charge in [-0.2, -0.15) is 10.5 Å². The van der Waals surface area contributed by atoms with Gasteiger partial charge in [-0.15, -0.1) is 0 Å². The van der Waals surface area contributed by atoms with Crippen molar-refractivity contribution in [2.75, 3.05) is 5.73 Å². The number of nitrogen functional groups attached to an aromatic ring is 1. The fourth-order valence-corrected chi connectivity index (χ4v) is 0.653. The van der Waals surface area contributed by atoms with Gasteiger partial charge in [0, 0.05) is 6.20 Å². The lowest BCUT2D eigenvalue weighted by Gasteiger charge is -1.93. The number of nitrogens with zero attached hydrogens (tertiary/aromatic N) is 3. The molecule has 0 unspecified atom stereocenters. The highest BCUT2D eigenvalue weighted by molar-refractivity contribution is 5.49. The number of aromatic nitrogens is 1. The summed E-state index contributed by atoms with van der Waals surface area (Å²) in [7, 11) is 0. The van der Waals surface area contributed by atoms with Crippen LogP contribution in [-0.2, 0) is 0 Å². The molecule has 11 heavy (non-hydrogen) atoms. The van der Waals surface area contributed by atoms with Crippen LogP contribution in [0.3, 0.4) is 0 Å². The summed E-state index contributed by atoms with van der Waals surface area (Å²) in [6.45, 7) is 0. The van der Waals surface area contributed by atoms with Gasteiger partial charge >= 0.3 is 0 Å². The van der Waals surface area contributed by atoms with Crippen LogP contribution in [-0.4, -0.2) is 4.98 Å². The molecule has 1 aromatic rings. The molecule has 1 rings (SSSR count). The molecule has 0 amide bonds. The summed E-state index contributed by atoms with van der Waals surface area (Å²) in [5.41, 5.74) is 5.80. The normalized spacial score (nSPS) is 8.18. The summed E-state index contributed by atoms with van der Waals surface area (Å²) < 4.78 is 0. The van der Waals surface area contributed by atoms with Gasteiger partial charge in [0.1, 0.15) is 18.0 Å². The molecule has 1 aromatic heterocycles. The molecular formula is C7H4N4. The predicted octanol–water partition coefficient (Wildman–Crippen LogP) is 0.407. The average molecular weight is 144 g/mol. The first-order valence-electron chi connectivity index (χ1n) is 2.83. The quantitative estimate of drug-likeness (QED) is 0.571. The van der Waals surface area contributed by atoms with Gasteiger partial charge in [0.05, 0.1) is 11.1 Å². The topological polar surface area (TPSA) is 86.5 Å². The van der Waals surface area contributed by atoms with E-state index in [4.69, 9.17) is 16.3 Å². The van der Waals surface area contributed by atoms with Crippen LogP contribution in [0.1, 0.15) is 11.1 Å². The first-order valence-corrected chi connectivity index (χ1v) is 2.83. The Bertz CT molecular complexity index is 356. The van der Waals surface area contributed by atoms with Crippen molar-refractivity contribution in [1.29, 1.82) is 10.5 Å². The minimum Gasteiger partial charge on any atom is -0.384 e. The smallest absolute Gasteiger partial charge is 0.124 e. The molecule has 0 spiro atoms. The van der Waals surface area contributed by atoms with E-state index in [1.165, 1.54) is 12.3 Å². The van der Waals surface area contributed by atoms with Gasteiger partial charge in [0.15, 0.2) is 0 Å². The highest BCUT2D eigenvalue weighted by Crippen LogP contribution is 2.07. The van der Waals surface area contributed by atoms with Crippen molar-refractivity contribution in [3.63, 3.8) is 0 Å². The van der Waals surface area contributed by atoms with Gasteiger partial charge < -0.3 is 5.73 Å². The number of nitrogens with two attached hydrogens (primary N) is 1. The van der Waals surface area contributed by atoms with Crippen molar-refractivity contribution in [3.8, 4) is 12.1 Å². The van der Waals surface area contributed by atoms with Gasteiger partial charge in [-0.3, -0.25) is 0 Å². The Labute approximate surface area is 63.5 Å². The Kier molecular flexibility index (Phi) is 1.71. The van der Waals surface area contributed by atoms with Crippen LogP contribution >= 0.6 is 0 Å². The maximum absolute atomic E-state index is 8.49. The first-order chi connectivity index (χ1) is 5.27. The minimum atomic E-state index is 0.251. The fraction of sp³-hybridized carbons (Fsp3) is 0. The van der Waals surface area contributed by atoms with Crippen LogP contribution in [0.5, 0.6) is 0 Å². The lowest BCUT2D eigenvalue weighted by Crippen LogP contribution is -1.92. The molecule has 0 fully saturated rings. The van der Waals surface area contributed by atoms with Crippen LogP contribution in [0.2, 0.25) is 0 Å². The van der Waals surface area contributed by atoms with Crippen molar-refractivity contribution in [2.45, 2.75) is 0 Å². The summed E-state index contributed by atoms with van der Waals surface area (Å²) >= 11 is 0. The predicted molar refractivity (Wildman–Crippen MR) is 38.1 cm³/mol. The van der Waals surface area contributed by atoms with Crippen molar-refractivity contribution in [3.05, 3.63) is 23.4 Å². The third kappa shape index (κ3) is 1.25. The van der Waals surface area contributed by atoms with E-state index in [2.05, 4.69) is 4.98 Å². The summed E-state index contributed by atoms with van der Waals surface area (Å²) in [5.74, 6) is 0.251. The van der Waals surface area contributed by atoms with Crippen molar-refractivity contribution < 1.29 is 0 Å². The van der Waals surface area contributed by atoms with Crippen LogP contribution < -0.4 is 5.73 Å². The molecule has 4 nitrogen and oxygen atoms in total. The highest BCUT2D eigenvalue weighted by atomic mass is 14.8. The van der Waals surface area contributed by atoms with Crippen molar-refractivity contribution >= 4 is 5.82 Å². The lowest BCUT2D eigenvalue weighted by molar-refractivity contribution is 1.29. The molecule has 0 atom stereocenters. The van der Waals surface area contributed by atoms with Gasteiger partial charge in [-0.25, -0.2) is 4.98 Å². The van der Waals surface area contributed by atoms with Gasteiger partial charge in [0.2, 0.25) is 0 Å². The molecule has 2 N–H and O–H groups in total. The molecule has 0 radical (unpaired) electrons. The molecule has 0 aromatic carbocycles. The molecule has 0 saturated carbocycles.